The summed E-state index contributed by atoms with van der Waals surface area (Å²) >= 11 is 0. The zero-order valence-electron chi connectivity index (χ0n) is 14.2. The zero-order chi connectivity index (χ0) is 16.4. The number of rotatable bonds is 5. The van der Waals surface area contributed by atoms with E-state index in [4.69, 9.17) is 9.47 Å². The van der Waals surface area contributed by atoms with Crippen LogP contribution in [0.15, 0.2) is 0 Å². The van der Waals surface area contributed by atoms with Crippen LogP contribution in [0.4, 0.5) is 0 Å². The zero-order valence-corrected chi connectivity index (χ0v) is 14.2. The van der Waals surface area contributed by atoms with Crippen molar-refractivity contribution in [2.45, 2.75) is 57.2 Å². The molecule has 1 N–H and O–H groups in total. The molecule has 1 saturated heterocycles. The number of carbonyl (C=O) groups is 2. The highest BCUT2D eigenvalue weighted by atomic mass is 16.5. The molecule has 3 rings (SSSR count). The number of ether oxygens (including phenoxy) is 2. The fourth-order valence-electron chi connectivity index (χ4n) is 3.73. The van der Waals surface area contributed by atoms with Crippen LogP contribution >= 0.6 is 0 Å². The van der Waals surface area contributed by atoms with Crippen molar-refractivity contribution >= 4 is 11.8 Å². The lowest BCUT2D eigenvalue weighted by molar-refractivity contribution is -0.162. The van der Waals surface area contributed by atoms with Crippen LogP contribution in [0.5, 0.6) is 0 Å². The van der Waals surface area contributed by atoms with Crippen molar-refractivity contribution in [2.24, 2.45) is 11.8 Å². The molecule has 130 valence electrons. The van der Waals surface area contributed by atoms with Gasteiger partial charge in [-0.25, -0.2) is 0 Å². The Bertz CT molecular complexity index is 456. The van der Waals surface area contributed by atoms with Crippen molar-refractivity contribution in [3.63, 3.8) is 0 Å². The van der Waals surface area contributed by atoms with Gasteiger partial charge in [-0.05, 0) is 44.4 Å². The van der Waals surface area contributed by atoms with E-state index in [1.54, 1.807) is 12.0 Å². The Labute approximate surface area is 137 Å². The van der Waals surface area contributed by atoms with Gasteiger partial charge in [0.15, 0.2) is 0 Å². The van der Waals surface area contributed by atoms with Crippen molar-refractivity contribution in [3.8, 4) is 0 Å². The van der Waals surface area contributed by atoms with E-state index in [2.05, 4.69) is 12.2 Å². The lowest BCUT2D eigenvalue weighted by Crippen LogP contribution is -2.57. The molecule has 6 heteroatoms. The van der Waals surface area contributed by atoms with Gasteiger partial charge in [-0.3, -0.25) is 14.5 Å². The van der Waals surface area contributed by atoms with Gasteiger partial charge < -0.3 is 14.8 Å². The van der Waals surface area contributed by atoms with E-state index in [1.165, 1.54) is 0 Å². The predicted octanol–water partition coefficient (Wildman–Crippen LogP) is 1.29. The number of hydrogen-bond donors (Lipinski definition) is 1. The highest BCUT2D eigenvalue weighted by molar-refractivity contribution is 5.90. The normalized spacial score (nSPS) is 33.9. The van der Waals surface area contributed by atoms with Crippen LogP contribution in [-0.2, 0) is 19.1 Å². The van der Waals surface area contributed by atoms with Crippen molar-refractivity contribution < 1.29 is 19.1 Å². The van der Waals surface area contributed by atoms with Crippen LogP contribution in [0.2, 0.25) is 0 Å². The summed E-state index contributed by atoms with van der Waals surface area (Å²) in [4.78, 5) is 27.2. The Kier molecular flexibility index (Phi) is 4.92. The third-order valence-electron chi connectivity index (χ3n) is 5.39. The molecule has 3 fully saturated rings. The van der Waals surface area contributed by atoms with E-state index in [0.717, 1.165) is 38.5 Å². The van der Waals surface area contributed by atoms with Crippen molar-refractivity contribution in [3.05, 3.63) is 0 Å². The maximum atomic E-state index is 12.8. The Balaban J connectivity index is 1.74. The van der Waals surface area contributed by atoms with Gasteiger partial charge in [-0.1, -0.05) is 6.92 Å². The second kappa shape index (κ2) is 6.77. The van der Waals surface area contributed by atoms with E-state index in [9.17, 15) is 9.59 Å². The Morgan fingerprint density at radius 1 is 1.26 bits per heavy atom. The van der Waals surface area contributed by atoms with Gasteiger partial charge in [-0.2, -0.15) is 0 Å². The first-order valence-electron chi connectivity index (χ1n) is 8.81. The molecule has 0 aromatic carbocycles. The highest BCUT2D eigenvalue weighted by Gasteiger charge is 2.55. The smallest absolute Gasteiger partial charge is 0.245 e. The molecular weight excluding hydrogens is 296 g/mol. The van der Waals surface area contributed by atoms with Crippen LogP contribution in [0.3, 0.4) is 0 Å². The molecule has 3 aliphatic rings. The molecule has 0 bridgehead atoms. The van der Waals surface area contributed by atoms with Crippen LogP contribution in [-0.4, -0.2) is 55.3 Å². The van der Waals surface area contributed by atoms with Gasteiger partial charge in [0.1, 0.15) is 11.8 Å². The Morgan fingerprint density at radius 2 is 1.96 bits per heavy atom. The van der Waals surface area contributed by atoms with Gasteiger partial charge in [0.2, 0.25) is 11.8 Å². The number of nitrogens with zero attached hydrogens (tertiary/aromatic N) is 1. The molecule has 1 aliphatic heterocycles. The third-order valence-corrected chi connectivity index (χ3v) is 5.39. The predicted molar refractivity (Wildman–Crippen MR) is 84.6 cm³/mol. The van der Waals surface area contributed by atoms with E-state index >= 15 is 0 Å². The quantitative estimate of drug-likeness (QED) is 0.774. The van der Waals surface area contributed by atoms with Gasteiger partial charge in [0, 0.05) is 19.6 Å². The number of amides is 2. The second-order valence-electron chi connectivity index (χ2n) is 7.22. The second-order valence-corrected chi connectivity index (χ2v) is 7.22. The van der Waals surface area contributed by atoms with E-state index < -0.39 is 11.8 Å². The van der Waals surface area contributed by atoms with Gasteiger partial charge >= 0.3 is 0 Å². The lowest BCUT2D eigenvalue weighted by Gasteiger charge is -2.43. The number of methoxy groups -OCH3 is 1. The molecule has 1 heterocycles. The fourth-order valence-corrected chi connectivity index (χ4v) is 3.73. The highest BCUT2D eigenvalue weighted by Crippen LogP contribution is 2.45. The average molecular weight is 324 g/mol. The largest absolute Gasteiger partial charge is 0.383 e. The average Bonchev–Trinajstić information content (AvgIpc) is 3.33. The standard InChI is InChI=1S/C17H28N2O4/c1-12-5-7-17(8-6-12)19(16(21)13-3-4-13)14(11-23-17)15(20)18-9-10-22-2/h12-14H,3-11H2,1-2H3,(H,18,20)/t12?,14-,17?/m1/s1. The monoisotopic (exact) mass is 324 g/mol. The molecule has 0 aromatic heterocycles. The molecule has 0 aromatic rings. The van der Waals surface area contributed by atoms with Gasteiger partial charge in [0.25, 0.3) is 0 Å². The molecule has 6 nitrogen and oxygen atoms in total. The summed E-state index contributed by atoms with van der Waals surface area (Å²) in [5.41, 5.74) is -0.546. The molecule has 2 amide bonds. The topological polar surface area (TPSA) is 67.9 Å². The van der Waals surface area contributed by atoms with E-state index in [1.807, 2.05) is 0 Å². The number of carbonyl (C=O) groups excluding carboxylic acids is 2. The van der Waals surface area contributed by atoms with Crippen LogP contribution in [0.1, 0.15) is 45.4 Å². The fraction of sp³-hybridized carbons (Fsp3) is 0.882. The summed E-state index contributed by atoms with van der Waals surface area (Å²) < 4.78 is 11.1. The number of nitrogens with one attached hydrogen (secondary N) is 1. The van der Waals surface area contributed by atoms with Crippen molar-refractivity contribution in [1.29, 1.82) is 0 Å². The summed E-state index contributed by atoms with van der Waals surface area (Å²) in [6, 6.07) is -0.492. The lowest BCUT2D eigenvalue weighted by atomic mass is 9.83. The SMILES string of the molecule is COCCNC(=O)[C@H]1COC2(CCC(C)CC2)N1C(=O)C1CC1. The third kappa shape index (κ3) is 3.38. The first-order valence-corrected chi connectivity index (χ1v) is 8.81. The molecule has 23 heavy (non-hydrogen) atoms. The molecule has 1 spiro atoms. The summed E-state index contributed by atoms with van der Waals surface area (Å²) in [5.74, 6) is 0.759. The first kappa shape index (κ1) is 16.7. The van der Waals surface area contributed by atoms with Gasteiger partial charge in [0.05, 0.1) is 13.2 Å². The van der Waals surface area contributed by atoms with Crippen LogP contribution in [0.25, 0.3) is 0 Å². The Hall–Kier alpha value is -1.14. The Morgan fingerprint density at radius 3 is 2.57 bits per heavy atom. The minimum atomic E-state index is -0.546. The molecular formula is C17H28N2O4. The van der Waals surface area contributed by atoms with Gasteiger partial charge in [-0.15, -0.1) is 0 Å². The van der Waals surface area contributed by atoms with Crippen molar-refractivity contribution in [1.82, 2.24) is 10.2 Å². The summed E-state index contributed by atoms with van der Waals surface area (Å²) in [6.07, 6.45) is 5.67. The first-order chi connectivity index (χ1) is 11.1. The van der Waals surface area contributed by atoms with E-state index in [-0.39, 0.29) is 17.7 Å². The molecule has 0 unspecified atom stereocenters. The minimum absolute atomic E-state index is 0.0993. The van der Waals surface area contributed by atoms with Crippen molar-refractivity contribution in [2.75, 3.05) is 26.9 Å². The van der Waals surface area contributed by atoms with Crippen LogP contribution in [0, 0.1) is 11.8 Å². The maximum Gasteiger partial charge on any atom is 0.245 e. The summed E-state index contributed by atoms with van der Waals surface area (Å²) in [6.45, 7) is 3.48. The molecule has 2 aliphatic carbocycles. The summed E-state index contributed by atoms with van der Waals surface area (Å²) in [7, 11) is 1.60. The molecule has 1 atom stereocenters. The maximum absolute atomic E-state index is 12.8. The van der Waals surface area contributed by atoms with Crippen LogP contribution < -0.4 is 5.32 Å². The van der Waals surface area contributed by atoms with E-state index in [0.29, 0.717) is 25.7 Å². The minimum Gasteiger partial charge on any atom is -0.383 e. The summed E-state index contributed by atoms with van der Waals surface area (Å²) in [5, 5.41) is 2.86. The number of hydrogen-bond acceptors (Lipinski definition) is 4. The molecule has 2 saturated carbocycles. The molecule has 0 radical (unpaired) electrons.